The van der Waals surface area contributed by atoms with Gasteiger partial charge in [-0.05, 0) is 38.4 Å². The van der Waals surface area contributed by atoms with Crippen molar-refractivity contribution in [1.29, 1.82) is 0 Å². The second-order valence-electron chi connectivity index (χ2n) is 5.26. The van der Waals surface area contributed by atoms with Gasteiger partial charge in [0.2, 0.25) is 0 Å². The molecule has 0 aromatic carbocycles. The summed E-state index contributed by atoms with van der Waals surface area (Å²) >= 11 is 0. The zero-order valence-electron chi connectivity index (χ0n) is 11.8. The van der Waals surface area contributed by atoms with Gasteiger partial charge in [-0.2, -0.15) is 0 Å². The molecule has 1 saturated heterocycles. The third kappa shape index (κ3) is 3.76. The largest absolute Gasteiger partial charge is 0.374 e. The quantitative estimate of drug-likeness (QED) is 0.806. The number of aromatic nitrogens is 1. The first-order valence-corrected chi connectivity index (χ1v) is 8.17. The molecule has 20 heavy (non-hydrogen) atoms. The van der Waals surface area contributed by atoms with Crippen LogP contribution in [0.4, 0.5) is 0 Å². The van der Waals surface area contributed by atoms with Crippen molar-refractivity contribution in [3.8, 4) is 0 Å². The first kappa shape index (κ1) is 15.4. The third-order valence-corrected chi connectivity index (χ3v) is 4.71. The number of hydrogen-bond acceptors (Lipinski definition) is 5. The molecule has 2 N–H and O–H groups in total. The van der Waals surface area contributed by atoms with Crippen LogP contribution >= 0.6 is 0 Å². The normalized spacial score (nSPS) is 23.1. The highest BCUT2D eigenvalue weighted by atomic mass is 32.2. The summed E-state index contributed by atoms with van der Waals surface area (Å²) in [6.45, 7) is 3.54. The lowest BCUT2D eigenvalue weighted by Crippen LogP contribution is -2.40. The van der Waals surface area contributed by atoms with E-state index >= 15 is 0 Å². The molecule has 1 atom stereocenters. The summed E-state index contributed by atoms with van der Waals surface area (Å²) in [5.74, 6) is 0. The van der Waals surface area contributed by atoms with Gasteiger partial charge in [0.25, 0.3) is 10.0 Å². The van der Waals surface area contributed by atoms with Crippen molar-refractivity contribution in [1.82, 2.24) is 15.0 Å². The fourth-order valence-corrected chi connectivity index (χ4v) is 3.26. The second-order valence-corrected chi connectivity index (χ2v) is 6.98. The second kappa shape index (κ2) is 6.17. The molecular weight excluding hydrogens is 278 g/mol. The molecule has 1 unspecified atom stereocenters. The zero-order valence-corrected chi connectivity index (χ0v) is 12.7. The summed E-state index contributed by atoms with van der Waals surface area (Å²) in [6.07, 6.45) is 3.40. The van der Waals surface area contributed by atoms with Crippen LogP contribution in [-0.4, -0.2) is 39.2 Å². The molecule has 1 aromatic rings. The molecule has 1 fully saturated rings. The number of hydrogen-bond donors (Lipinski definition) is 2. The highest BCUT2D eigenvalue weighted by Crippen LogP contribution is 2.24. The molecule has 2 rings (SSSR count). The van der Waals surface area contributed by atoms with Crippen LogP contribution in [0.15, 0.2) is 23.4 Å². The molecule has 1 aromatic heterocycles. The van der Waals surface area contributed by atoms with E-state index in [1.54, 1.807) is 12.3 Å². The van der Waals surface area contributed by atoms with Gasteiger partial charge in [-0.3, -0.25) is 0 Å². The number of nitrogens with zero attached hydrogens (tertiary/aromatic N) is 1. The maximum absolute atomic E-state index is 12.2. The van der Waals surface area contributed by atoms with Crippen LogP contribution in [0, 0.1) is 0 Å². The van der Waals surface area contributed by atoms with E-state index in [9.17, 15) is 8.42 Å². The Kier molecular flexibility index (Phi) is 4.74. The van der Waals surface area contributed by atoms with E-state index in [1.807, 2.05) is 14.0 Å². The topological polar surface area (TPSA) is 80.3 Å². The molecule has 0 bridgehead atoms. The van der Waals surface area contributed by atoms with Gasteiger partial charge in [-0.1, -0.05) is 6.07 Å². The lowest BCUT2D eigenvalue weighted by molar-refractivity contribution is 0.0250. The number of pyridine rings is 1. The van der Waals surface area contributed by atoms with Crippen LogP contribution in [0.5, 0.6) is 0 Å². The number of rotatable bonds is 6. The molecule has 0 spiro atoms. The zero-order chi connectivity index (χ0) is 14.6. The fraction of sp³-hybridized carbons (Fsp3) is 0.615. The lowest BCUT2D eigenvalue weighted by Gasteiger charge is -2.23. The smallest absolute Gasteiger partial charge is 0.258 e. The summed E-state index contributed by atoms with van der Waals surface area (Å²) in [6, 6.07) is 3.28. The van der Waals surface area contributed by atoms with Crippen molar-refractivity contribution in [3.63, 3.8) is 0 Å². The van der Waals surface area contributed by atoms with Crippen molar-refractivity contribution in [2.24, 2.45) is 0 Å². The highest BCUT2D eigenvalue weighted by Gasteiger charge is 2.31. The van der Waals surface area contributed by atoms with Gasteiger partial charge in [0.1, 0.15) is 0 Å². The van der Waals surface area contributed by atoms with E-state index in [4.69, 9.17) is 4.74 Å². The molecule has 0 saturated carbocycles. The predicted octanol–water partition coefficient (Wildman–Crippen LogP) is 0.648. The summed E-state index contributed by atoms with van der Waals surface area (Å²) < 4.78 is 32.5. The minimum absolute atomic E-state index is 0.0407. The predicted molar refractivity (Wildman–Crippen MR) is 75.8 cm³/mol. The van der Waals surface area contributed by atoms with Gasteiger partial charge in [-0.25, -0.2) is 18.1 Å². The molecule has 0 radical (unpaired) electrons. The Bertz CT molecular complexity index is 536. The molecule has 0 aliphatic carbocycles. The Balaban J connectivity index is 2.02. The maximum Gasteiger partial charge on any atom is 0.258 e. The van der Waals surface area contributed by atoms with Crippen LogP contribution in [0.1, 0.15) is 25.3 Å². The minimum atomic E-state index is -3.58. The van der Waals surface area contributed by atoms with Crippen molar-refractivity contribution in [2.75, 3.05) is 20.2 Å². The summed E-state index contributed by atoms with van der Waals surface area (Å²) in [5, 5.41) is 3.03. The van der Waals surface area contributed by atoms with Crippen LogP contribution in [0.3, 0.4) is 0 Å². The van der Waals surface area contributed by atoms with E-state index in [-0.39, 0.29) is 11.6 Å². The van der Waals surface area contributed by atoms with Gasteiger partial charge in [-0.15, -0.1) is 0 Å². The Morgan fingerprint density at radius 3 is 2.80 bits per heavy atom. The lowest BCUT2D eigenvalue weighted by atomic mass is 10.0. The van der Waals surface area contributed by atoms with Crippen LogP contribution < -0.4 is 10.0 Å². The third-order valence-electron chi connectivity index (χ3n) is 3.39. The molecule has 6 nitrogen and oxygen atoms in total. The molecular formula is C13H21N3O3S. The van der Waals surface area contributed by atoms with Gasteiger partial charge in [0.05, 0.1) is 5.60 Å². The number of ether oxygens (including phenoxy) is 1. The summed E-state index contributed by atoms with van der Waals surface area (Å²) in [5.41, 5.74) is 0.539. The van der Waals surface area contributed by atoms with E-state index < -0.39 is 15.6 Å². The SMILES string of the molecule is CNCc1ccc(S(=O)(=O)NCC2(C)CCCO2)nc1. The Labute approximate surface area is 120 Å². The molecule has 1 aliphatic rings. The first-order valence-electron chi connectivity index (χ1n) is 6.68. The van der Waals surface area contributed by atoms with Crippen molar-refractivity contribution < 1.29 is 13.2 Å². The Morgan fingerprint density at radius 1 is 1.45 bits per heavy atom. The van der Waals surface area contributed by atoms with E-state index in [2.05, 4.69) is 15.0 Å². The molecule has 2 heterocycles. The van der Waals surface area contributed by atoms with E-state index in [1.165, 1.54) is 6.07 Å². The molecule has 112 valence electrons. The molecule has 7 heteroatoms. The van der Waals surface area contributed by atoms with E-state index in [0.717, 1.165) is 18.4 Å². The average molecular weight is 299 g/mol. The Hall–Kier alpha value is -1.02. The van der Waals surface area contributed by atoms with Crippen LogP contribution in [0.2, 0.25) is 0 Å². The van der Waals surface area contributed by atoms with Gasteiger partial charge in [0, 0.05) is 25.9 Å². The van der Waals surface area contributed by atoms with Crippen molar-refractivity contribution in [3.05, 3.63) is 23.9 Å². The van der Waals surface area contributed by atoms with Gasteiger partial charge >= 0.3 is 0 Å². The van der Waals surface area contributed by atoms with Gasteiger partial charge in [0.15, 0.2) is 5.03 Å². The average Bonchev–Trinajstić information content (AvgIpc) is 2.85. The van der Waals surface area contributed by atoms with Gasteiger partial charge < -0.3 is 10.1 Å². The maximum atomic E-state index is 12.2. The standard InChI is InChI=1S/C13H21N3O3S/c1-13(6-3-7-19-13)10-16-20(17,18)12-5-4-11(8-14-2)9-15-12/h4-5,9,14,16H,3,6-8,10H2,1-2H3. The van der Waals surface area contributed by atoms with Crippen LogP contribution in [-0.2, 0) is 21.3 Å². The highest BCUT2D eigenvalue weighted by molar-refractivity contribution is 7.89. The Morgan fingerprint density at radius 2 is 2.25 bits per heavy atom. The van der Waals surface area contributed by atoms with E-state index in [0.29, 0.717) is 13.2 Å². The number of sulfonamides is 1. The van der Waals surface area contributed by atoms with Crippen molar-refractivity contribution >= 4 is 10.0 Å². The minimum Gasteiger partial charge on any atom is -0.374 e. The monoisotopic (exact) mass is 299 g/mol. The summed E-state index contributed by atoms with van der Waals surface area (Å²) in [7, 11) is -1.75. The first-order chi connectivity index (χ1) is 9.45. The fourth-order valence-electron chi connectivity index (χ4n) is 2.18. The van der Waals surface area contributed by atoms with Crippen molar-refractivity contribution in [2.45, 2.75) is 36.9 Å². The van der Waals surface area contributed by atoms with Crippen LogP contribution in [0.25, 0.3) is 0 Å². The molecule has 0 amide bonds. The summed E-state index contributed by atoms with van der Waals surface area (Å²) in [4.78, 5) is 4.01. The number of nitrogens with one attached hydrogen (secondary N) is 2. The molecule has 1 aliphatic heterocycles.